The Balaban J connectivity index is 2.06. The Morgan fingerprint density at radius 2 is 1.83 bits per heavy atom. The summed E-state index contributed by atoms with van der Waals surface area (Å²) in [6.45, 7) is 3.39. The fourth-order valence-electron chi connectivity index (χ4n) is 3.47. The van der Waals surface area contributed by atoms with Crippen molar-refractivity contribution in [3.63, 3.8) is 0 Å². The minimum absolute atomic E-state index is 0.0352. The Hall–Kier alpha value is -2.44. The standard InChI is InChI=1S/C20H27N3O5S/c1-4-22-29(26,27)17-10-8-16(9-11-17)19(25)28-15(2)18(24)23(3)20(14-21)12-6-5-7-13-20/h8-11,15,22H,4-7,12-13H2,1-3H3/t15-/m1/s1. The van der Waals surface area contributed by atoms with Crippen LogP contribution >= 0.6 is 0 Å². The lowest BCUT2D eigenvalue weighted by Gasteiger charge is -2.39. The van der Waals surface area contributed by atoms with E-state index >= 15 is 0 Å². The lowest BCUT2D eigenvalue weighted by Crippen LogP contribution is -2.53. The van der Waals surface area contributed by atoms with Gasteiger partial charge >= 0.3 is 5.97 Å². The van der Waals surface area contributed by atoms with Gasteiger partial charge in [-0.3, -0.25) is 4.79 Å². The first-order valence-corrected chi connectivity index (χ1v) is 11.1. The first-order valence-electron chi connectivity index (χ1n) is 9.66. The van der Waals surface area contributed by atoms with Crippen LogP contribution < -0.4 is 4.72 Å². The molecule has 1 aliphatic carbocycles. The van der Waals surface area contributed by atoms with Gasteiger partial charge < -0.3 is 9.64 Å². The molecule has 0 aliphatic heterocycles. The van der Waals surface area contributed by atoms with E-state index in [2.05, 4.69) is 10.8 Å². The zero-order chi connectivity index (χ0) is 21.7. The lowest BCUT2D eigenvalue weighted by molar-refractivity contribution is -0.143. The van der Waals surface area contributed by atoms with E-state index in [-0.39, 0.29) is 17.0 Å². The second-order valence-corrected chi connectivity index (χ2v) is 8.94. The molecular formula is C20H27N3O5S. The number of sulfonamides is 1. The number of nitrogens with zero attached hydrogens (tertiary/aromatic N) is 2. The maximum absolute atomic E-state index is 12.7. The predicted octanol–water partition coefficient (Wildman–Crippen LogP) is 2.21. The summed E-state index contributed by atoms with van der Waals surface area (Å²) < 4.78 is 31.6. The molecule has 1 aromatic carbocycles. The highest BCUT2D eigenvalue weighted by molar-refractivity contribution is 7.89. The van der Waals surface area contributed by atoms with E-state index < -0.39 is 33.5 Å². The highest BCUT2D eigenvalue weighted by atomic mass is 32.2. The summed E-state index contributed by atoms with van der Waals surface area (Å²) in [6.07, 6.45) is 2.94. The molecule has 29 heavy (non-hydrogen) atoms. The molecule has 1 aliphatic rings. The molecule has 0 bridgehead atoms. The van der Waals surface area contributed by atoms with Crippen molar-refractivity contribution in [2.24, 2.45) is 0 Å². The van der Waals surface area contributed by atoms with Crippen LogP contribution in [-0.2, 0) is 19.6 Å². The number of benzene rings is 1. The van der Waals surface area contributed by atoms with E-state index in [1.165, 1.54) is 36.1 Å². The van der Waals surface area contributed by atoms with Gasteiger partial charge in [0.25, 0.3) is 5.91 Å². The monoisotopic (exact) mass is 421 g/mol. The molecule has 8 nitrogen and oxygen atoms in total. The van der Waals surface area contributed by atoms with Crippen molar-refractivity contribution >= 4 is 21.9 Å². The normalized spacial score (nSPS) is 17.0. The van der Waals surface area contributed by atoms with Crippen molar-refractivity contribution in [2.75, 3.05) is 13.6 Å². The van der Waals surface area contributed by atoms with E-state index in [1.54, 1.807) is 14.0 Å². The highest BCUT2D eigenvalue weighted by Crippen LogP contribution is 2.33. The number of carbonyl (C=O) groups is 2. The molecule has 0 aromatic heterocycles. The fourth-order valence-corrected chi connectivity index (χ4v) is 4.51. The summed E-state index contributed by atoms with van der Waals surface area (Å²) >= 11 is 0. The fraction of sp³-hybridized carbons (Fsp3) is 0.550. The first-order chi connectivity index (χ1) is 13.7. The maximum atomic E-state index is 12.7. The minimum atomic E-state index is -3.62. The zero-order valence-electron chi connectivity index (χ0n) is 17.0. The van der Waals surface area contributed by atoms with E-state index in [0.717, 1.165) is 19.3 Å². The van der Waals surface area contributed by atoms with Crippen LogP contribution in [0.3, 0.4) is 0 Å². The van der Waals surface area contributed by atoms with Gasteiger partial charge in [-0.25, -0.2) is 17.9 Å². The van der Waals surface area contributed by atoms with Crippen LogP contribution in [0.25, 0.3) is 0 Å². The highest BCUT2D eigenvalue weighted by Gasteiger charge is 2.40. The quantitative estimate of drug-likeness (QED) is 0.675. The van der Waals surface area contributed by atoms with Crippen LogP contribution in [0, 0.1) is 11.3 Å². The lowest BCUT2D eigenvalue weighted by atomic mass is 9.81. The summed E-state index contributed by atoms with van der Waals surface area (Å²) in [4.78, 5) is 26.5. The number of nitrogens with one attached hydrogen (secondary N) is 1. The van der Waals surface area contributed by atoms with Crippen LogP contribution in [0.15, 0.2) is 29.2 Å². The Kier molecular flexibility index (Phi) is 7.38. The zero-order valence-corrected chi connectivity index (χ0v) is 17.8. The van der Waals surface area contributed by atoms with E-state index in [4.69, 9.17) is 4.74 Å². The number of hydrogen-bond donors (Lipinski definition) is 1. The summed E-state index contributed by atoms with van der Waals surface area (Å²) in [6, 6.07) is 7.56. The Morgan fingerprint density at radius 1 is 1.24 bits per heavy atom. The molecule has 0 heterocycles. The van der Waals surface area contributed by atoms with Gasteiger partial charge in [-0.2, -0.15) is 5.26 Å². The molecular weight excluding hydrogens is 394 g/mol. The molecule has 1 aromatic rings. The molecule has 0 unspecified atom stereocenters. The molecule has 0 saturated heterocycles. The van der Waals surface area contributed by atoms with Crippen LogP contribution in [0.2, 0.25) is 0 Å². The molecule has 1 saturated carbocycles. The molecule has 1 N–H and O–H groups in total. The van der Waals surface area contributed by atoms with Gasteiger partial charge in [0.15, 0.2) is 6.10 Å². The molecule has 1 amide bonds. The SMILES string of the molecule is CCNS(=O)(=O)c1ccc(C(=O)O[C@H](C)C(=O)N(C)C2(C#N)CCCCC2)cc1. The van der Waals surface area contributed by atoms with Gasteiger partial charge in [-0.1, -0.05) is 26.2 Å². The van der Waals surface area contributed by atoms with Gasteiger partial charge in [0, 0.05) is 13.6 Å². The third-order valence-electron chi connectivity index (χ3n) is 5.23. The average molecular weight is 422 g/mol. The van der Waals surface area contributed by atoms with E-state index in [1.807, 2.05) is 0 Å². The molecule has 0 spiro atoms. The third-order valence-corrected chi connectivity index (χ3v) is 6.79. The predicted molar refractivity (Wildman–Crippen MR) is 106 cm³/mol. The Bertz CT molecular complexity index is 884. The summed E-state index contributed by atoms with van der Waals surface area (Å²) in [5, 5.41) is 9.63. The van der Waals surface area contributed by atoms with Gasteiger partial charge in [0.05, 0.1) is 16.5 Å². The van der Waals surface area contributed by atoms with Crippen molar-refractivity contribution in [1.82, 2.24) is 9.62 Å². The Morgan fingerprint density at radius 3 is 2.34 bits per heavy atom. The largest absolute Gasteiger partial charge is 0.449 e. The van der Waals surface area contributed by atoms with Gasteiger partial charge in [-0.15, -0.1) is 0 Å². The van der Waals surface area contributed by atoms with Crippen LogP contribution in [-0.4, -0.2) is 50.4 Å². The number of rotatable bonds is 7. The van der Waals surface area contributed by atoms with Gasteiger partial charge in [-0.05, 0) is 44.0 Å². The smallest absolute Gasteiger partial charge is 0.338 e. The van der Waals surface area contributed by atoms with E-state index in [0.29, 0.717) is 12.8 Å². The minimum Gasteiger partial charge on any atom is -0.449 e. The second kappa shape index (κ2) is 9.37. The van der Waals surface area contributed by atoms with Crippen molar-refractivity contribution in [1.29, 1.82) is 5.26 Å². The van der Waals surface area contributed by atoms with Crippen molar-refractivity contribution in [3.05, 3.63) is 29.8 Å². The summed E-state index contributed by atoms with van der Waals surface area (Å²) in [7, 11) is -2.05. The molecule has 0 radical (unpaired) electrons. The second-order valence-electron chi connectivity index (χ2n) is 7.17. The van der Waals surface area contributed by atoms with Gasteiger partial charge in [0.2, 0.25) is 10.0 Å². The van der Waals surface area contributed by atoms with Crippen molar-refractivity contribution in [2.45, 2.75) is 62.5 Å². The average Bonchev–Trinajstić information content (AvgIpc) is 2.73. The third kappa shape index (κ3) is 5.14. The first kappa shape index (κ1) is 22.8. The summed E-state index contributed by atoms with van der Waals surface area (Å²) in [5.41, 5.74) is -0.728. The number of ether oxygens (including phenoxy) is 1. The van der Waals surface area contributed by atoms with E-state index in [9.17, 15) is 23.3 Å². The summed E-state index contributed by atoms with van der Waals surface area (Å²) in [5.74, 6) is -1.17. The van der Waals surface area contributed by atoms with Crippen LogP contribution in [0.1, 0.15) is 56.3 Å². The number of hydrogen-bond acceptors (Lipinski definition) is 6. The van der Waals surface area contributed by atoms with Crippen molar-refractivity contribution in [3.8, 4) is 6.07 Å². The molecule has 9 heteroatoms. The number of carbonyl (C=O) groups excluding carboxylic acids is 2. The van der Waals surface area contributed by atoms with Crippen LogP contribution in [0.5, 0.6) is 0 Å². The van der Waals surface area contributed by atoms with Crippen LogP contribution in [0.4, 0.5) is 0 Å². The molecule has 158 valence electrons. The number of nitriles is 1. The number of esters is 1. The maximum Gasteiger partial charge on any atom is 0.338 e. The topological polar surface area (TPSA) is 117 Å². The number of likely N-dealkylation sites (N-methyl/N-ethyl adjacent to an activating group) is 1. The number of amides is 1. The molecule has 2 rings (SSSR count). The Labute approximate surface area is 171 Å². The van der Waals surface area contributed by atoms with Crippen molar-refractivity contribution < 1.29 is 22.7 Å². The molecule has 1 atom stereocenters. The van der Waals surface area contributed by atoms with Gasteiger partial charge in [0.1, 0.15) is 5.54 Å². The molecule has 1 fully saturated rings.